The molecule has 0 bridgehead atoms. The fourth-order valence-corrected chi connectivity index (χ4v) is 4.17. The fourth-order valence-electron chi connectivity index (χ4n) is 2.80. The number of nitrogens with one attached hydrogen (secondary N) is 1. The van der Waals surface area contributed by atoms with Crippen LogP contribution >= 0.6 is 35.0 Å². The molecule has 30 heavy (non-hydrogen) atoms. The van der Waals surface area contributed by atoms with Crippen molar-refractivity contribution in [2.45, 2.75) is 16.5 Å². The zero-order valence-corrected chi connectivity index (χ0v) is 18.0. The van der Waals surface area contributed by atoms with Gasteiger partial charge in [0.05, 0.1) is 18.3 Å². The minimum Gasteiger partial charge on any atom is -0.307 e. The maximum atomic E-state index is 13.0. The molecule has 0 fully saturated rings. The number of carbonyl (C=O) groups is 1. The Bertz CT molecular complexity index is 1180. The van der Waals surface area contributed by atoms with Gasteiger partial charge >= 0.3 is 0 Å². The standard InChI is InChI=1S/C22H16Cl2N4OS/c23-16-9-8-15(19(24)13-16)14-28-20(10-12-26-28)27-21(29)18-7-4-11-25-22(18)30-17-5-2-1-3-6-17/h1-13H,14H2,(H,27,29). The van der Waals surface area contributed by atoms with Crippen molar-refractivity contribution >= 4 is 46.7 Å². The molecule has 0 radical (unpaired) electrons. The number of amides is 1. The van der Waals surface area contributed by atoms with E-state index < -0.39 is 0 Å². The lowest BCUT2D eigenvalue weighted by molar-refractivity contribution is 0.102. The third-order valence-electron chi connectivity index (χ3n) is 4.27. The summed E-state index contributed by atoms with van der Waals surface area (Å²) in [4.78, 5) is 18.4. The number of benzene rings is 2. The van der Waals surface area contributed by atoms with Gasteiger partial charge in [-0.05, 0) is 42.0 Å². The van der Waals surface area contributed by atoms with Gasteiger partial charge in [-0.2, -0.15) is 5.10 Å². The van der Waals surface area contributed by atoms with Gasteiger partial charge in [0.15, 0.2) is 0 Å². The third-order valence-corrected chi connectivity index (χ3v) is 5.88. The average Bonchev–Trinajstić information content (AvgIpc) is 3.18. The molecule has 0 atom stereocenters. The van der Waals surface area contributed by atoms with Crippen molar-refractivity contribution in [1.82, 2.24) is 14.8 Å². The van der Waals surface area contributed by atoms with Crippen LogP contribution < -0.4 is 5.32 Å². The third kappa shape index (κ3) is 4.84. The Morgan fingerprint density at radius 1 is 1.00 bits per heavy atom. The first-order valence-corrected chi connectivity index (χ1v) is 10.6. The summed E-state index contributed by atoms with van der Waals surface area (Å²) >= 11 is 13.7. The number of anilines is 1. The molecule has 4 rings (SSSR count). The van der Waals surface area contributed by atoms with Crippen LogP contribution in [0.5, 0.6) is 0 Å². The smallest absolute Gasteiger partial charge is 0.259 e. The number of aromatic nitrogens is 3. The number of pyridine rings is 1. The summed E-state index contributed by atoms with van der Waals surface area (Å²) in [5, 5.41) is 8.97. The largest absolute Gasteiger partial charge is 0.307 e. The molecule has 5 nitrogen and oxygen atoms in total. The Kier molecular flexibility index (Phi) is 6.38. The summed E-state index contributed by atoms with van der Waals surface area (Å²) in [7, 11) is 0. The topological polar surface area (TPSA) is 59.8 Å². The molecule has 0 spiro atoms. The maximum absolute atomic E-state index is 13.0. The highest BCUT2D eigenvalue weighted by atomic mass is 35.5. The maximum Gasteiger partial charge on any atom is 0.259 e. The molecule has 8 heteroatoms. The van der Waals surface area contributed by atoms with Gasteiger partial charge in [0, 0.05) is 27.2 Å². The number of hydrogen-bond acceptors (Lipinski definition) is 4. The Labute approximate surface area is 188 Å². The molecule has 2 heterocycles. The minimum atomic E-state index is -0.259. The summed E-state index contributed by atoms with van der Waals surface area (Å²) in [5.74, 6) is 0.302. The van der Waals surface area contributed by atoms with Crippen LogP contribution in [0.1, 0.15) is 15.9 Å². The summed E-state index contributed by atoms with van der Waals surface area (Å²) in [6.45, 7) is 0.400. The van der Waals surface area contributed by atoms with Gasteiger partial charge in [-0.15, -0.1) is 0 Å². The van der Waals surface area contributed by atoms with E-state index in [-0.39, 0.29) is 5.91 Å². The zero-order valence-electron chi connectivity index (χ0n) is 15.6. The predicted octanol–water partition coefficient (Wildman–Crippen LogP) is 6.04. The van der Waals surface area contributed by atoms with Crippen LogP contribution in [-0.4, -0.2) is 20.7 Å². The van der Waals surface area contributed by atoms with E-state index >= 15 is 0 Å². The number of halogens is 2. The molecule has 2 aromatic carbocycles. The zero-order chi connectivity index (χ0) is 20.9. The average molecular weight is 455 g/mol. The van der Waals surface area contributed by atoms with E-state index in [1.807, 2.05) is 36.4 Å². The molecular formula is C22H16Cl2N4OS. The Hall–Kier alpha value is -2.80. The van der Waals surface area contributed by atoms with Crippen molar-refractivity contribution in [3.8, 4) is 0 Å². The van der Waals surface area contributed by atoms with Gasteiger partial charge in [0.2, 0.25) is 0 Å². The van der Waals surface area contributed by atoms with Crippen molar-refractivity contribution in [2.24, 2.45) is 0 Å². The van der Waals surface area contributed by atoms with Gasteiger partial charge in [0.1, 0.15) is 10.8 Å². The van der Waals surface area contributed by atoms with Crippen LogP contribution in [0.25, 0.3) is 0 Å². The monoisotopic (exact) mass is 454 g/mol. The highest BCUT2D eigenvalue weighted by Crippen LogP contribution is 2.29. The van der Waals surface area contributed by atoms with E-state index in [4.69, 9.17) is 23.2 Å². The molecule has 1 amide bonds. The number of hydrogen-bond donors (Lipinski definition) is 1. The van der Waals surface area contributed by atoms with Crippen molar-refractivity contribution in [1.29, 1.82) is 0 Å². The van der Waals surface area contributed by atoms with E-state index in [0.29, 0.717) is 33.0 Å². The Balaban J connectivity index is 1.54. The summed E-state index contributed by atoms with van der Waals surface area (Å²) < 4.78 is 1.67. The lowest BCUT2D eigenvalue weighted by Gasteiger charge is -2.12. The highest BCUT2D eigenvalue weighted by molar-refractivity contribution is 7.99. The molecule has 0 aliphatic heterocycles. The molecule has 2 aromatic heterocycles. The number of rotatable bonds is 6. The molecular weight excluding hydrogens is 439 g/mol. The van der Waals surface area contributed by atoms with Crippen LogP contribution in [-0.2, 0) is 6.54 Å². The minimum absolute atomic E-state index is 0.259. The van der Waals surface area contributed by atoms with E-state index in [1.165, 1.54) is 11.8 Å². The van der Waals surface area contributed by atoms with Crippen molar-refractivity contribution in [2.75, 3.05) is 5.32 Å². The number of carbonyl (C=O) groups excluding carboxylic acids is 1. The van der Waals surface area contributed by atoms with Crippen molar-refractivity contribution in [3.05, 3.63) is 100 Å². The van der Waals surface area contributed by atoms with Crippen LogP contribution in [0, 0.1) is 0 Å². The second-order valence-electron chi connectivity index (χ2n) is 6.34. The molecule has 0 aliphatic carbocycles. The molecule has 4 aromatic rings. The second kappa shape index (κ2) is 9.34. The lowest BCUT2D eigenvalue weighted by Crippen LogP contribution is -2.17. The molecule has 0 saturated heterocycles. The lowest BCUT2D eigenvalue weighted by atomic mass is 10.2. The molecule has 150 valence electrons. The normalized spacial score (nSPS) is 10.7. The van der Waals surface area contributed by atoms with Crippen molar-refractivity contribution in [3.63, 3.8) is 0 Å². The summed E-state index contributed by atoms with van der Waals surface area (Å²) in [5.41, 5.74) is 1.34. The van der Waals surface area contributed by atoms with Gasteiger partial charge < -0.3 is 5.32 Å². The van der Waals surface area contributed by atoms with E-state index in [2.05, 4.69) is 15.4 Å². The van der Waals surface area contributed by atoms with E-state index in [0.717, 1.165) is 10.5 Å². The van der Waals surface area contributed by atoms with Crippen LogP contribution in [0.2, 0.25) is 10.0 Å². The molecule has 0 unspecified atom stereocenters. The Morgan fingerprint density at radius 2 is 1.83 bits per heavy atom. The first-order valence-electron chi connectivity index (χ1n) is 9.05. The fraction of sp³-hybridized carbons (Fsp3) is 0.0455. The SMILES string of the molecule is O=C(Nc1ccnn1Cc1ccc(Cl)cc1Cl)c1cccnc1Sc1ccccc1. The molecule has 0 saturated carbocycles. The first-order chi connectivity index (χ1) is 14.6. The van der Waals surface area contributed by atoms with E-state index in [9.17, 15) is 4.79 Å². The van der Waals surface area contributed by atoms with Crippen LogP contribution in [0.4, 0.5) is 5.82 Å². The van der Waals surface area contributed by atoms with Gasteiger partial charge in [0.25, 0.3) is 5.91 Å². The number of nitrogens with zero attached hydrogens (tertiary/aromatic N) is 3. The molecule has 0 aliphatic rings. The summed E-state index contributed by atoms with van der Waals surface area (Å²) in [6.07, 6.45) is 3.30. The van der Waals surface area contributed by atoms with Crippen LogP contribution in [0.3, 0.4) is 0 Å². The second-order valence-corrected chi connectivity index (χ2v) is 8.24. The van der Waals surface area contributed by atoms with Gasteiger partial charge in [-0.1, -0.05) is 59.2 Å². The first kappa shape index (κ1) is 20.5. The predicted molar refractivity (Wildman–Crippen MR) is 121 cm³/mol. The van der Waals surface area contributed by atoms with E-state index in [1.54, 1.807) is 47.4 Å². The molecule has 1 N–H and O–H groups in total. The Morgan fingerprint density at radius 3 is 2.63 bits per heavy atom. The van der Waals surface area contributed by atoms with Gasteiger partial charge in [-0.3, -0.25) is 4.79 Å². The van der Waals surface area contributed by atoms with Crippen LogP contribution in [0.15, 0.2) is 89.0 Å². The van der Waals surface area contributed by atoms with Gasteiger partial charge in [-0.25, -0.2) is 9.67 Å². The quantitative estimate of drug-likeness (QED) is 0.385. The highest BCUT2D eigenvalue weighted by Gasteiger charge is 2.16. The summed E-state index contributed by atoms with van der Waals surface area (Å²) in [6, 6.07) is 20.3. The van der Waals surface area contributed by atoms with Crippen molar-refractivity contribution < 1.29 is 4.79 Å².